The van der Waals surface area contributed by atoms with Crippen LogP contribution >= 0.6 is 34.7 Å². The summed E-state index contributed by atoms with van der Waals surface area (Å²) >= 11 is 9.24. The monoisotopic (exact) mass is 328 g/mol. The van der Waals surface area contributed by atoms with Crippen LogP contribution in [0.3, 0.4) is 0 Å². The van der Waals surface area contributed by atoms with E-state index in [0.717, 1.165) is 11.1 Å². The Morgan fingerprint density at radius 3 is 2.84 bits per heavy atom. The van der Waals surface area contributed by atoms with E-state index in [1.54, 1.807) is 41.3 Å². The first-order valence-corrected chi connectivity index (χ1v) is 9.27. The summed E-state index contributed by atoms with van der Waals surface area (Å²) < 4.78 is 25.2. The van der Waals surface area contributed by atoms with Gasteiger partial charge in [-0.15, -0.1) is 23.1 Å². The minimum absolute atomic E-state index is 0.360. The largest absolute Gasteiger partial charge is 0.219 e. The van der Waals surface area contributed by atoms with E-state index in [2.05, 4.69) is 0 Å². The van der Waals surface area contributed by atoms with E-state index < -0.39 is 9.84 Å². The predicted octanol–water partition coefficient (Wildman–Crippen LogP) is 4.32. The number of rotatable bonds is 3. The lowest BCUT2D eigenvalue weighted by Gasteiger charge is -2.04. The van der Waals surface area contributed by atoms with Crippen molar-refractivity contribution in [1.29, 1.82) is 0 Å². The van der Waals surface area contributed by atoms with Crippen LogP contribution in [0.4, 0.5) is 0 Å². The Morgan fingerprint density at radius 2 is 2.11 bits per heavy atom. The zero-order valence-corrected chi connectivity index (χ0v) is 12.9. The van der Waals surface area contributed by atoms with Crippen LogP contribution in [0.1, 0.15) is 5.56 Å². The Morgan fingerprint density at radius 1 is 1.26 bits per heavy atom. The number of hydrogen-bond acceptors (Lipinski definition) is 4. The second-order valence-electron chi connectivity index (χ2n) is 4.05. The molecule has 0 spiro atoms. The van der Waals surface area contributed by atoms with Crippen molar-refractivity contribution < 1.29 is 8.42 Å². The molecule has 1 aliphatic heterocycles. The summed E-state index contributed by atoms with van der Waals surface area (Å²) in [5.74, 6) is 0.632. The van der Waals surface area contributed by atoms with Crippen molar-refractivity contribution >= 4 is 50.1 Å². The van der Waals surface area contributed by atoms with Gasteiger partial charge in [0.2, 0.25) is 9.84 Å². The molecule has 0 radical (unpaired) electrons. The molecular formula is C13H9ClO2S3. The molecule has 0 atom stereocenters. The Hall–Kier alpha value is -0.750. The molecule has 0 unspecified atom stereocenters. The summed E-state index contributed by atoms with van der Waals surface area (Å²) in [5.41, 5.74) is 1.55. The molecule has 19 heavy (non-hydrogen) atoms. The normalized spacial score (nSPS) is 16.2. The first kappa shape index (κ1) is 13.2. The molecule has 0 amide bonds. The average molecular weight is 329 g/mol. The highest BCUT2D eigenvalue weighted by molar-refractivity contribution is 8.01. The van der Waals surface area contributed by atoms with Crippen LogP contribution in [0.15, 0.2) is 50.2 Å². The van der Waals surface area contributed by atoms with Crippen LogP contribution in [0.25, 0.3) is 5.57 Å². The van der Waals surface area contributed by atoms with Gasteiger partial charge >= 0.3 is 0 Å². The molecule has 6 heteroatoms. The van der Waals surface area contributed by atoms with E-state index >= 15 is 0 Å². The van der Waals surface area contributed by atoms with E-state index in [0.29, 0.717) is 15.7 Å². The van der Waals surface area contributed by atoms with Gasteiger partial charge in [-0.25, -0.2) is 8.42 Å². The molecule has 2 heterocycles. The maximum Gasteiger partial charge on any atom is 0.200 e. The number of benzene rings is 1. The van der Waals surface area contributed by atoms with Gasteiger partial charge in [0.05, 0.1) is 9.10 Å². The second-order valence-corrected chi connectivity index (χ2v) is 8.47. The van der Waals surface area contributed by atoms with E-state index in [9.17, 15) is 8.42 Å². The van der Waals surface area contributed by atoms with Crippen molar-refractivity contribution in [2.24, 2.45) is 0 Å². The molecule has 0 fully saturated rings. The van der Waals surface area contributed by atoms with Gasteiger partial charge in [0.15, 0.2) is 0 Å². The molecule has 2 nitrogen and oxygen atoms in total. The number of sulfone groups is 1. The van der Waals surface area contributed by atoms with Crippen LogP contribution in [-0.2, 0) is 9.84 Å². The summed E-state index contributed by atoms with van der Waals surface area (Å²) in [6.07, 6.45) is 0. The number of fused-ring (bicyclic) bond motifs is 1. The van der Waals surface area contributed by atoms with Crippen LogP contribution in [0.2, 0.25) is 5.02 Å². The maximum absolute atomic E-state index is 12.0. The Kier molecular flexibility index (Phi) is 3.47. The van der Waals surface area contributed by atoms with E-state index in [1.165, 1.54) is 9.62 Å². The van der Waals surface area contributed by atoms with Gasteiger partial charge in [0, 0.05) is 16.2 Å². The van der Waals surface area contributed by atoms with E-state index in [4.69, 9.17) is 11.6 Å². The fraction of sp³-hybridized carbons (Fsp3) is 0.0769. The van der Waals surface area contributed by atoms with Crippen LogP contribution < -0.4 is 0 Å². The summed E-state index contributed by atoms with van der Waals surface area (Å²) in [7, 11) is -3.29. The van der Waals surface area contributed by atoms with Crippen molar-refractivity contribution in [1.82, 2.24) is 0 Å². The first-order chi connectivity index (χ1) is 9.06. The van der Waals surface area contributed by atoms with E-state index in [1.807, 2.05) is 17.5 Å². The van der Waals surface area contributed by atoms with Crippen molar-refractivity contribution in [3.8, 4) is 0 Å². The number of halogens is 1. The maximum atomic E-state index is 12.0. The lowest BCUT2D eigenvalue weighted by molar-refractivity contribution is 0.605. The molecular weight excluding hydrogens is 320 g/mol. The molecule has 1 aliphatic rings. The molecule has 3 rings (SSSR count). The topological polar surface area (TPSA) is 34.1 Å². The fourth-order valence-corrected chi connectivity index (χ4v) is 5.44. The van der Waals surface area contributed by atoms with Crippen molar-refractivity contribution in [3.05, 3.63) is 51.7 Å². The summed E-state index contributed by atoms with van der Waals surface area (Å²) in [5, 5.41) is 3.92. The van der Waals surface area contributed by atoms with Crippen molar-refractivity contribution in [3.63, 3.8) is 0 Å². The van der Waals surface area contributed by atoms with Crippen molar-refractivity contribution in [2.75, 3.05) is 5.75 Å². The van der Waals surface area contributed by atoms with Gasteiger partial charge < -0.3 is 0 Å². The van der Waals surface area contributed by atoms with Gasteiger partial charge in [-0.1, -0.05) is 17.7 Å². The van der Waals surface area contributed by atoms with Gasteiger partial charge in [-0.2, -0.15) is 0 Å². The molecule has 0 saturated heterocycles. The standard InChI is InChI=1S/C13H9ClO2S3/c14-10-3-4-12-11(6-10)9(8-19(12,15)16)7-18-13-2-1-5-17-13/h1-6,8H,7H2. The zero-order chi connectivity index (χ0) is 13.5. The Bertz CT molecular complexity index is 746. The summed E-state index contributed by atoms with van der Waals surface area (Å²) in [6.45, 7) is 0. The summed E-state index contributed by atoms with van der Waals surface area (Å²) in [6, 6.07) is 8.92. The highest BCUT2D eigenvalue weighted by Crippen LogP contribution is 2.38. The van der Waals surface area contributed by atoms with Gasteiger partial charge in [0.25, 0.3) is 0 Å². The molecule has 0 N–H and O–H groups in total. The lowest BCUT2D eigenvalue weighted by atomic mass is 10.1. The quantitative estimate of drug-likeness (QED) is 0.787. The van der Waals surface area contributed by atoms with Gasteiger partial charge in [0.1, 0.15) is 0 Å². The van der Waals surface area contributed by atoms with Crippen LogP contribution in [-0.4, -0.2) is 14.2 Å². The SMILES string of the molecule is O=S1(=O)C=C(CSc2cccs2)c2cc(Cl)ccc21. The van der Waals surface area contributed by atoms with Gasteiger partial charge in [-0.3, -0.25) is 0 Å². The van der Waals surface area contributed by atoms with Gasteiger partial charge in [-0.05, 0) is 40.8 Å². The molecule has 98 valence electrons. The first-order valence-electron chi connectivity index (χ1n) is 5.48. The third kappa shape index (κ3) is 2.60. The fourth-order valence-electron chi connectivity index (χ4n) is 1.92. The summed E-state index contributed by atoms with van der Waals surface area (Å²) in [4.78, 5) is 0.360. The number of hydrogen-bond donors (Lipinski definition) is 0. The molecule has 0 saturated carbocycles. The highest BCUT2D eigenvalue weighted by atomic mass is 35.5. The third-order valence-corrected chi connectivity index (χ3v) is 6.74. The molecule has 1 aromatic carbocycles. The molecule has 0 aliphatic carbocycles. The zero-order valence-electron chi connectivity index (χ0n) is 9.67. The average Bonchev–Trinajstić information content (AvgIpc) is 2.94. The Balaban J connectivity index is 1.93. The highest BCUT2D eigenvalue weighted by Gasteiger charge is 2.26. The third-order valence-electron chi connectivity index (χ3n) is 2.76. The van der Waals surface area contributed by atoms with Crippen LogP contribution in [0.5, 0.6) is 0 Å². The minimum Gasteiger partial charge on any atom is -0.219 e. The smallest absolute Gasteiger partial charge is 0.200 e. The minimum atomic E-state index is -3.29. The van der Waals surface area contributed by atoms with Crippen LogP contribution in [0, 0.1) is 0 Å². The van der Waals surface area contributed by atoms with Crippen molar-refractivity contribution in [2.45, 2.75) is 9.10 Å². The molecule has 0 bridgehead atoms. The predicted molar refractivity (Wildman–Crippen MR) is 81.7 cm³/mol. The Labute approximate surface area is 125 Å². The number of thiophene rings is 1. The molecule has 2 aromatic rings. The molecule has 1 aromatic heterocycles. The number of thioether (sulfide) groups is 1. The second kappa shape index (κ2) is 4.98. The lowest BCUT2D eigenvalue weighted by Crippen LogP contribution is -1.92. The van der Waals surface area contributed by atoms with E-state index in [-0.39, 0.29) is 0 Å².